The van der Waals surface area contributed by atoms with Gasteiger partial charge in [0.05, 0.1) is 6.61 Å². The molecule has 1 N–H and O–H groups in total. The highest BCUT2D eigenvalue weighted by Crippen LogP contribution is 2.25. The van der Waals surface area contributed by atoms with E-state index in [9.17, 15) is 9.18 Å². The lowest BCUT2D eigenvalue weighted by atomic mass is 9.96. The number of fused-ring (bicyclic) bond motifs is 1. The minimum absolute atomic E-state index is 0.0752. The van der Waals surface area contributed by atoms with Gasteiger partial charge in [0.1, 0.15) is 5.82 Å². The highest BCUT2D eigenvalue weighted by Gasteiger charge is 2.25. The first-order valence-electron chi connectivity index (χ1n) is 10.9. The van der Waals surface area contributed by atoms with Crippen LogP contribution in [0.25, 0.3) is 10.9 Å². The molecule has 1 amide bonds. The van der Waals surface area contributed by atoms with Crippen molar-refractivity contribution in [3.63, 3.8) is 0 Å². The summed E-state index contributed by atoms with van der Waals surface area (Å²) in [5, 5.41) is 4.15. The topological polar surface area (TPSA) is 46.5 Å². The Balaban J connectivity index is 1.45. The first-order chi connectivity index (χ1) is 15.1. The zero-order valence-corrected chi connectivity index (χ0v) is 18.0. The minimum Gasteiger partial charge on any atom is -0.383 e. The molecule has 1 saturated heterocycles. The van der Waals surface area contributed by atoms with E-state index in [0.29, 0.717) is 19.7 Å². The molecule has 164 valence electrons. The molecule has 0 atom stereocenters. The number of hydrogen-bond acceptors (Lipinski definition) is 3. The van der Waals surface area contributed by atoms with Crippen LogP contribution in [0.1, 0.15) is 24.1 Å². The summed E-state index contributed by atoms with van der Waals surface area (Å²) in [6, 6.07) is 17.4. The van der Waals surface area contributed by atoms with E-state index in [0.717, 1.165) is 43.6 Å². The van der Waals surface area contributed by atoms with Crippen LogP contribution in [0.15, 0.2) is 54.6 Å². The molecule has 1 aliphatic heterocycles. The third-order valence-corrected chi connectivity index (χ3v) is 6.08. The summed E-state index contributed by atoms with van der Waals surface area (Å²) in [5.74, 6) is 0.00420. The fourth-order valence-corrected chi connectivity index (χ4v) is 4.41. The summed E-state index contributed by atoms with van der Waals surface area (Å²) < 4.78 is 21.0. The zero-order valence-electron chi connectivity index (χ0n) is 18.0. The molecule has 0 spiro atoms. The van der Waals surface area contributed by atoms with E-state index in [-0.39, 0.29) is 17.6 Å². The Kier molecular flexibility index (Phi) is 6.99. The number of nitrogens with zero attached hydrogens (tertiary/aromatic N) is 2. The Labute approximate surface area is 182 Å². The van der Waals surface area contributed by atoms with Crippen LogP contribution in [0.4, 0.5) is 4.39 Å². The molecule has 31 heavy (non-hydrogen) atoms. The Morgan fingerprint density at radius 1 is 1.10 bits per heavy atom. The van der Waals surface area contributed by atoms with E-state index in [4.69, 9.17) is 4.74 Å². The van der Waals surface area contributed by atoms with Crippen LogP contribution >= 0.6 is 0 Å². The lowest BCUT2D eigenvalue weighted by Crippen LogP contribution is -2.41. The Hall–Kier alpha value is -2.70. The number of likely N-dealkylation sites (tertiary alicyclic amines) is 1. The van der Waals surface area contributed by atoms with E-state index >= 15 is 0 Å². The van der Waals surface area contributed by atoms with Crippen molar-refractivity contribution in [2.24, 2.45) is 5.92 Å². The molecule has 3 aromatic rings. The third kappa shape index (κ3) is 5.32. The molecule has 0 bridgehead atoms. The van der Waals surface area contributed by atoms with Crippen molar-refractivity contribution in [2.45, 2.75) is 25.9 Å². The largest absolute Gasteiger partial charge is 0.383 e. The molecule has 0 aliphatic carbocycles. The molecule has 1 fully saturated rings. The average Bonchev–Trinajstić information content (AvgIpc) is 3.11. The Morgan fingerprint density at radius 2 is 1.90 bits per heavy atom. The first kappa shape index (κ1) is 21.5. The number of ether oxygens (including phenoxy) is 1. The van der Waals surface area contributed by atoms with Crippen molar-refractivity contribution in [1.29, 1.82) is 0 Å². The SMILES string of the molecule is COCCNC(=O)C1CCN(Cc2cc3ccccc3n2Cc2cccc(F)c2)CC1. The third-order valence-electron chi connectivity index (χ3n) is 6.08. The molecule has 5 nitrogen and oxygen atoms in total. The predicted octanol–water partition coefficient (Wildman–Crippen LogP) is 3.80. The van der Waals surface area contributed by atoms with Crippen molar-refractivity contribution in [3.05, 3.63) is 71.7 Å². The maximum absolute atomic E-state index is 13.7. The van der Waals surface area contributed by atoms with Crippen molar-refractivity contribution in [1.82, 2.24) is 14.8 Å². The van der Waals surface area contributed by atoms with Gasteiger partial charge in [0.2, 0.25) is 5.91 Å². The number of piperidine rings is 1. The quantitative estimate of drug-likeness (QED) is 0.561. The van der Waals surface area contributed by atoms with Gasteiger partial charge in [0, 0.05) is 43.9 Å². The normalized spacial score (nSPS) is 15.4. The van der Waals surface area contributed by atoms with Crippen LogP contribution in [0.2, 0.25) is 0 Å². The summed E-state index contributed by atoms with van der Waals surface area (Å²) >= 11 is 0. The maximum atomic E-state index is 13.7. The minimum atomic E-state index is -0.207. The Morgan fingerprint density at radius 3 is 2.68 bits per heavy atom. The van der Waals surface area contributed by atoms with Crippen molar-refractivity contribution in [3.8, 4) is 0 Å². The van der Waals surface area contributed by atoms with Crippen LogP contribution in [0.5, 0.6) is 0 Å². The summed E-state index contributed by atoms with van der Waals surface area (Å²) in [5.41, 5.74) is 3.33. The number of benzene rings is 2. The highest BCUT2D eigenvalue weighted by molar-refractivity contribution is 5.81. The number of methoxy groups -OCH3 is 1. The van der Waals surface area contributed by atoms with Gasteiger partial charge >= 0.3 is 0 Å². The monoisotopic (exact) mass is 423 g/mol. The molecular formula is C25H30FN3O2. The fraction of sp³-hybridized carbons (Fsp3) is 0.400. The Bertz CT molecular complexity index is 1020. The molecule has 0 saturated carbocycles. The fourth-order valence-electron chi connectivity index (χ4n) is 4.41. The van der Waals surface area contributed by atoms with Crippen LogP contribution < -0.4 is 5.32 Å². The number of rotatable bonds is 8. The van der Waals surface area contributed by atoms with Crippen LogP contribution in [0, 0.1) is 11.7 Å². The molecule has 2 heterocycles. The molecule has 1 aromatic heterocycles. The summed E-state index contributed by atoms with van der Waals surface area (Å²) in [7, 11) is 1.64. The van der Waals surface area contributed by atoms with Gasteiger partial charge in [-0.1, -0.05) is 30.3 Å². The molecule has 0 radical (unpaired) electrons. The van der Waals surface area contributed by atoms with Crippen LogP contribution in [-0.4, -0.2) is 48.7 Å². The van der Waals surface area contributed by atoms with Crippen molar-refractivity contribution >= 4 is 16.8 Å². The average molecular weight is 424 g/mol. The molecule has 6 heteroatoms. The van der Waals surface area contributed by atoms with Gasteiger partial charge < -0.3 is 14.6 Å². The second kappa shape index (κ2) is 10.1. The summed E-state index contributed by atoms with van der Waals surface area (Å²) in [4.78, 5) is 14.7. The van der Waals surface area contributed by atoms with Gasteiger partial charge in [0.25, 0.3) is 0 Å². The molecule has 2 aromatic carbocycles. The molecule has 4 rings (SSSR count). The van der Waals surface area contributed by atoms with E-state index in [1.165, 1.54) is 17.1 Å². The number of carbonyl (C=O) groups is 1. The number of para-hydroxylation sites is 1. The number of aromatic nitrogens is 1. The van der Waals surface area contributed by atoms with Crippen molar-refractivity contribution in [2.75, 3.05) is 33.4 Å². The van der Waals surface area contributed by atoms with Gasteiger partial charge in [-0.25, -0.2) is 4.39 Å². The number of hydrogen-bond donors (Lipinski definition) is 1. The zero-order chi connectivity index (χ0) is 21.6. The van der Waals surface area contributed by atoms with E-state index in [1.54, 1.807) is 19.2 Å². The van der Waals surface area contributed by atoms with Gasteiger partial charge in [-0.2, -0.15) is 0 Å². The van der Waals surface area contributed by atoms with Crippen LogP contribution in [-0.2, 0) is 22.6 Å². The number of nitrogens with one attached hydrogen (secondary N) is 1. The van der Waals surface area contributed by atoms with Gasteiger partial charge in [-0.15, -0.1) is 0 Å². The number of carbonyl (C=O) groups excluding carboxylic acids is 1. The van der Waals surface area contributed by atoms with Crippen molar-refractivity contribution < 1.29 is 13.9 Å². The number of amides is 1. The molecule has 1 aliphatic rings. The molecule has 0 unspecified atom stereocenters. The number of halogens is 1. The first-order valence-corrected chi connectivity index (χ1v) is 10.9. The second-order valence-electron chi connectivity index (χ2n) is 8.24. The molecular weight excluding hydrogens is 393 g/mol. The van der Waals surface area contributed by atoms with Crippen LogP contribution in [0.3, 0.4) is 0 Å². The lowest BCUT2D eigenvalue weighted by Gasteiger charge is -2.31. The standard InChI is InChI=1S/C25H30FN3O2/c1-31-14-11-27-25(30)20-9-12-28(13-10-20)18-23-16-21-6-2-3-8-24(21)29(23)17-19-5-4-7-22(26)15-19/h2-8,15-16,20H,9-14,17-18H2,1H3,(H,27,30). The summed E-state index contributed by atoms with van der Waals surface area (Å²) in [6.45, 7) is 4.35. The van der Waals surface area contributed by atoms with E-state index in [2.05, 4.69) is 33.0 Å². The van der Waals surface area contributed by atoms with E-state index in [1.807, 2.05) is 18.2 Å². The summed E-state index contributed by atoms with van der Waals surface area (Å²) in [6.07, 6.45) is 1.73. The lowest BCUT2D eigenvalue weighted by molar-refractivity contribution is -0.126. The van der Waals surface area contributed by atoms with Gasteiger partial charge in [-0.3, -0.25) is 9.69 Å². The highest BCUT2D eigenvalue weighted by atomic mass is 19.1. The van der Waals surface area contributed by atoms with Gasteiger partial charge in [-0.05, 0) is 61.1 Å². The van der Waals surface area contributed by atoms with Gasteiger partial charge in [0.15, 0.2) is 0 Å². The second-order valence-corrected chi connectivity index (χ2v) is 8.24. The predicted molar refractivity (Wildman–Crippen MR) is 120 cm³/mol. The van der Waals surface area contributed by atoms with E-state index < -0.39 is 0 Å². The smallest absolute Gasteiger partial charge is 0.223 e. The maximum Gasteiger partial charge on any atom is 0.223 e.